The van der Waals surface area contributed by atoms with E-state index in [4.69, 9.17) is 16.3 Å². The van der Waals surface area contributed by atoms with Gasteiger partial charge in [-0.2, -0.15) is 13.2 Å². The van der Waals surface area contributed by atoms with E-state index in [9.17, 15) is 27.9 Å². The molecule has 3 rings (SSSR count). The fourth-order valence-corrected chi connectivity index (χ4v) is 5.15. The molecule has 2 aromatic carbocycles. The van der Waals surface area contributed by atoms with Gasteiger partial charge in [0.2, 0.25) is 0 Å². The van der Waals surface area contributed by atoms with Crippen LogP contribution in [0.5, 0.6) is 5.75 Å². The van der Waals surface area contributed by atoms with E-state index >= 15 is 0 Å². The molecule has 10 heteroatoms. The van der Waals surface area contributed by atoms with Crippen molar-refractivity contribution in [3.05, 3.63) is 64.7 Å². The van der Waals surface area contributed by atoms with Gasteiger partial charge in [-0.25, -0.2) is 0 Å². The molecule has 0 radical (unpaired) electrons. The number of piperidine rings is 1. The van der Waals surface area contributed by atoms with Crippen LogP contribution in [0.15, 0.2) is 48.5 Å². The molecule has 1 N–H and O–H groups in total. The SMILES string of the molecule is CN(C)C(=O)c1ccc(OC(C)(C)CCCC2CCN(C(=O)C(O)(c3ccccc3)C(F)(F)F)CC2)cc1Cl. The molecule has 2 amide bonds. The first-order chi connectivity index (χ1) is 18.2. The fourth-order valence-electron chi connectivity index (χ4n) is 4.90. The third-order valence-corrected chi connectivity index (χ3v) is 7.49. The maximum absolute atomic E-state index is 13.9. The monoisotopic (exact) mass is 568 g/mol. The molecule has 0 saturated carbocycles. The van der Waals surface area contributed by atoms with Crippen LogP contribution in [-0.2, 0) is 10.4 Å². The van der Waals surface area contributed by atoms with Gasteiger partial charge >= 0.3 is 6.18 Å². The van der Waals surface area contributed by atoms with Gasteiger partial charge in [-0.15, -0.1) is 0 Å². The molecule has 6 nitrogen and oxygen atoms in total. The highest BCUT2D eigenvalue weighted by Gasteiger charge is 2.62. The lowest BCUT2D eigenvalue weighted by Gasteiger charge is -2.38. The molecule has 1 aliphatic rings. The second-order valence-electron chi connectivity index (χ2n) is 10.9. The van der Waals surface area contributed by atoms with Crippen LogP contribution in [-0.4, -0.2) is 65.7 Å². The van der Waals surface area contributed by atoms with E-state index in [1.165, 1.54) is 23.1 Å². The number of nitrogens with zero attached hydrogens (tertiary/aromatic N) is 2. The predicted octanol–water partition coefficient (Wildman–Crippen LogP) is 6.06. The minimum Gasteiger partial charge on any atom is -0.488 e. The van der Waals surface area contributed by atoms with Crippen LogP contribution >= 0.6 is 11.6 Å². The molecule has 1 unspecified atom stereocenters. The van der Waals surface area contributed by atoms with Crippen LogP contribution in [0, 0.1) is 5.92 Å². The Balaban J connectivity index is 1.51. The molecule has 1 fully saturated rings. The van der Waals surface area contributed by atoms with Crippen molar-refractivity contribution < 1.29 is 32.6 Å². The number of amides is 2. The lowest BCUT2D eigenvalue weighted by molar-refractivity contribution is -0.262. The van der Waals surface area contributed by atoms with E-state index in [1.54, 1.807) is 32.3 Å². The molecular weight excluding hydrogens is 533 g/mol. The first-order valence-electron chi connectivity index (χ1n) is 13.0. The minimum absolute atomic E-state index is 0.158. The summed E-state index contributed by atoms with van der Waals surface area (Å²) in [7, 11) is 3.31. The minimum atomic E-state index is -5.14. The van der Waals surface area contributed by atoms with Gasteiger partial charge in [-0.1, -0.05) is 48.4 Å². The third kappa shape index (κ3) is 7.25. The van der Waals surface area contributed by atoms with Crippen molar-refractivity contribution >= 4 is 23.4 Å². The number of likely N-dealkylation sites (tertiary alicyclic amines) is 1. The lowest BCUT2D eigenvalue weighted by atomic mass is 9.87. The van der Waals surface area contributed by atoms with Crippen LogP contribution in [0.25, 0.3) is 0 Å². The normalized spacial score (nSPS) is 16.5. The average Bonchev–Trinajstić information content (AvgIpc) is 2.87. The van der Waals surface area contributed by atoms with Gasteiger partial charge in [-0.05, 0) is 63.6 Å². The number of hydrogen-bond acceptors (Lipinski definition) is 4. The van der Waals surface area contributed by atoms with E-state index in [-0.39, 0.29) is 24.9 Å². The number of aliphatic hydroxyl groups is 1. The first kappa shape index (κ1) is 30.8. The zero-order valence-electron chi connectivity index (χ0n) is 22.7. The number of benzene rings is 2. The highest BCUT2D eigenvalue weighted by Crippen LogP contribution is 2.41. The summed E-state index contributed by atoms with van der Waals surface area (Å²) < 4.78 is 47.8. The molecule has 214 valence electrons. The van der Waals surface area contributed by atoms with Gasteiger partial charge in [0.05, 0.1) is 10.6 Å². The van der Waals surface area contributed by atoms with Gasteiger partial charge < -0.3 is 19.6 Å². The molecular formula is C29H36ClF3N2O4. The molecule has 1 atom stereocenters. The Morgan fingerprint density at radius 2 is 1.69 bits per heavy atom. The predicted molar refractivity (Wildman–Crippen MR) is 144 cm³/mol. The second-order valence-corrected chi connectivity index (χ2v) is 11.3. The number of rotatable bonds is 9. The molecule has 1 heterocycles. The van der Waals surface area contributed by atoms with Crippen molar-refractivity contribution in [1.82, 2.24) is 9.80 Å². The fraction of sp³-hybridized carbons (Fsp3) is 0.517. The first-order valence-corrected chi connectivity index (χ1v) is 13.4. The summed E-state index contributed by atoms with van der Waals surface area (Å²) >= 11 is 6.29. The van der Waals surface area contributed by atoms with Gasteiger partial charge in [-0.3, -0.25) is 9.59 Å². The summed E-state index contributed by atoms with van der Waals surface area (Å²) in [5.41, 5.74) is -4.16. The zero-order valence-corrected chi connectivity index (χ0v) is 23.5. The maximum atomic E-state index is 13.9. The number of alkyl halides is 3. The smallest absolute Gasteiger partial charge is 0.430 e. The summed E-state index contributed by atoms with van der Waals surface area (Å²) in [6, 6.07) is 11.5. The Bertz CT molecular complexity index is 1150. The average molecular weight is 569 g/mol. The Morgan fingerprint density at radius 1 is 1.08 bits per heavy atom. The van der Waals surface area contributed by atoms with Gasteiger partial charge in [0.15, 0.2) is 0 Å². The molecule has 1 aliphatic heterocycles. The Labute approximate surface area is 232 Å². The standard InChI is InChI=1S/C29H36ClF3N2O4/c1-27(2,39-22-12-13-23(24(30)19-22)25(36)34(3)4)16-8-9-20-14-17-35(18-15-20)26(37)28(38,29(31,32)33)21-10-6-5-7-11-21/h5-7,10-13,19-20,38H,8-9,14-18H2,1-4H3. The van der Waals surface area contributed by atoms with Gasteiger partial charge in [0, 0.05) is 32.7 Å². The van der Waals surface area contributed by atoms with E-state index in [0.29, 0.717) is 29.2 Å². The summed E-state index contributed by atoms with van der Waals surface area (Å²) in [4.78, 5) is 27.7. The van der Waals surface area contributed by atoms with Crippen LogP contribution in [0.4, 0.5) is 13.2 Å². The van der Waals surface area contributed by atoms with E-state index in [0.717, 1.165) is 36.3 Å². The summed E-state index contributed by atoms with van der Waals surface area (Å²) in [6.07, 6.45) is -1.62. The number of hydrogen-bond donors (Lipinski definition) is 1. The highest BCUT2D eigenvalue weighted by molar-refractivity contribution is 6.34. The molecule has 1 saturated heterocycles. The van der Waals surface area contributed by atoms with Crippen molar-refractivity contribution in [2.24, 2.45) is 5.92 Å². The molecule has 0 spiro atoms. The Morgan fingerprint density at radius 3 is 2.23 bits per heavy atom. The molecule has 0 aromatic heterocycles. The Hall–Kier alpha value is -2.78. The number of ether oxygens (including phenoxy) is 1. The van der Waals surface area contributed by atoms with Crippen LogP contribution in [0.1, 0.15) is 61.9 Å². The van der Waals surface area contributed by atoms with Gasteiger partial charge in [0.25, 0.3) is 17.4 Å². The van der Waals surface area contributed by atoms with E-state index in [1.807, 2.05) is 13.8 Å². The third-order valence-electron chi connectivity index (χ3n) is 7.18. The van der Waals surface area contributed by atoms with Crippen LogP contribution < -0.4 is 4.74 Å². The lowest BCUT2D eigenvalue weighted by Crippen LogP contribution is -2.57. The van der Waals surface area contributed by atoms with Crippen molar-refractivity contribution in [2.45, 2.75) is 63.3 Å². The van der Waals surface area contributed by atoms with Gasteiger partial charge in [0.1, 0.15) is 11.4 Å². The van der Waals surface area contributed by atoms with Crippen molar-refractivity contribution in [1.29, 1.82) is 0 Å². The van der Waals surface area contributed by atoms with Crippen molar-refractivity contribution in [3.8, 4) is 5.75 Å². The van der Waals surface area contributed by atoms with Crippen LogP contribution in [0.3, 0.4) is 0 Å². The van der Waals surface area contributed by atoms with Crippen LogP contribution in [0.2, 0.25) is 5.02 Å². The quantitative estimate of drug-likeness (QED) is 0.399. The van der Waals surface area contributed by atoms with E-state index in [2.05, 4.69) is 0 Å². The number of halogens is 4. The molecule has 39 heavy (non-hydrogen) atoms. The summed E-state index contributed by atoms with van der Waals surface area (Å²) in [5, 5.41) is 10.9. The van der Waals surface area contributed by atoms with Crippen molar-refractivity contribution in [3.63, 3.8) is 0 Å². The highest BCUT2D eigenvalue weighted by atomic mass is 35.5. The van der Waals surface area contributed by atoms with Crippen molar-refractivity contribution in [2.75, 3.05) is 27.2 Å². The maximum Gasteiger partial charge on any atom is 0.430 e. The summed E-state index contributed by atoms with van der Waals surface area (Å²) in [6.45, 7) is 4.24. The summed E-state index contributed by atoms with van der Waals surface area (Å²) in [5.74, 6) is -0.707. The zero-order chi connectivity index (χ0) is 29.0. The molecule has 0 aliphatic carbocycles. The van der Waals surface area contributed by atoms with E-state index < -0.39 is 28.8 Å². The second kappa shape index (κ2) is 12.2. The number of carbonyl (C=O) groups is 2. The molecule has 0 bridgehead atoms. The largest absolute Gasteiger partial charge is 0.488 e. The Kier molecular flexibility index (Phi) is 9.60. The number of carbonyl (C=O) groups excluding carboxylic acids is 2. The topological polar surface area (TPSA) is 70.1 Å². The molecule has 2 aromatic rings.